The van der Waals surface area contributed by atoms with Crippen molar-refractivity contribution in [1.82, 2.24) is 14.5 Å². The summed E-state index contributed by atoms with van der Waals surface area (Å²) in [5, 5.41) is 0.521. The Morgan fingerprint density at radius 2 is 2.00 bits per heavy atom. The van der Waals surface area contributed by atoms with Gasteiger partial charge in [-0.15, -0.1) is 11.3 Å². The number of halogens is 2. The van der Waals surface area contributed by atoms with E-state index in [1.54, 1.807) is 17.8 Å². The van der Waals surface area contributed by atoms with Crippen LogP contribution in [0.2, 0.25) is 5.02 Å². The molecule has 0 fully saturated rings. The van der Waals surface area contributed by atoms with Gasteiger partial charge in [0.05, 0.1) is 10.7 Å². The maximum absolute atomic E-state index is 13.0. The molecule has 0 bridgehead atoms. The Kier molecular flexibility index (Phi) is 5.36. The second kappa shape index (κ2) is 7.75. The molecular weight excluding hydrogens is 466 g/mol. The second-order valence-corrected chi connectivity index (χ2v) is 9.42. The van der Waals surface area contributed by atoms with Gasteiger partial charge in [-0.05, 0) is 36.2 Å². The maximum atomic E-state index is 13.0. The Morgan fingerprint density at radius 3 is 2.74 bits per heavy atom. The van der Waals surface area contributed by atoms with Crippen LogP contribution in [0.1, 0.15) is 11.1 Å². The molecule has 0 amide bonds. The van der Waals surface area contributed by atoms with Gasteiger partial charge in [0.2, 0.25) is 0 Å². The van der Waals surface area contributed by atoms with Crippen LogP contribution in [-0.2, 0) is 5.75 Å². The first kappa shape index (κ1) is 18.7. The van der Waals surface area contributed by atoms with Crippen molar-refractivity contribution in [2.45, 2.75) is 17.0 Å². The summed E-state index contributed by atoms with van der Waals surface area (Å²) in [5.41, 5.74) is 3.10. The number of para-hydroxylation sites is 1. The van der Waals surface area contributed by atoms with Crippen LogP contribution < -0.4 is 5.56 Å². The van der Waals surface area contributed by atoms with E-state index < -0.39 is 0 Å². The van der Waals surface area contributed by atoms with Crippen LogP contribution in [0.4, 0.5) is 0 Å². The average Bonchev–Trinajstić information content (AvgIpc) is 3.07. The lowest BCUT2D eigenvalue weighted by Crippen LogP contribution is -2.19. The van der Waals surface area contributed by atoms with Crippen molar-refractivity contribution >= 4 is 61.0 Å². The molecule has 0 aliphatic carbocycles. The lowest BCUT2D eigenvalue weighted by Gasteiger charge is -2.10. The number of hydrogen-bond acceptors (Lipinski definition) is 5. The number of aromatic nitrogens is 3. The highest BCUT2D eigenvalue weighted by Gasteiger charge is 2.15. The van der Waals surface area contributed by atoms with E-state index in [0.29, 0.717) is 21.1 Å². The Morgan fingerprint density at radius 1 is 1.22 bits per heavy atom. The molecule has 4 nitrogen and oxygen atoms in total. The Hall–Kier alpha value is -1.67. The normalized spacial score (nSPS) is 11.2. The van der Waals surface area contributed by atoms with Crippen LogP contribution in [0.15, 0.2) is 62.4 Å². The fourth-order valence-corrected chi connectivity index (χ4v) is 5.22. The monoisotopic (exact) mass is 477 g/mol. The fourth-order valence-electron chi connectivity index (χ4n) is 2.67. The van der Waals surface area contributed by atoms with Crippen LogP contribution in [0.5, 0.6) is 0 Å². The van der Waals surface area contributed by atoms with E-state index in [2.05, 4.69) is 38.0 Å². The number of benzene rings is 2. The summed E-state index contributed by atoms with van der Waals surface area (Å²) in [4.78, 5) is 21.9. The summed E-state index contributed by atoms with van der Waals surface area (Å²) < 4.78 is 3.92. The van der Waals surface area contributed by atoms with Gasteiger partial charge in [-0.2, -0.15) is 0 Å². The molecule has 2 heterocycles. The molecule has 0 spiro atoms. The molecule has 4 rings (SSSR count). The number of aryl methyl sites for hydroxylation is 1. The topological polar surface area (TPSA) is 47.8 Å². The first-order chi connectivity index (χ1) is 13.0. The largest absolute Gasteiger partial charge is 0.277 e. The van der Waals surface area contributed by atoms with Gasteiger partial charge in [-0.3, -0.25) is 9.36 Å². The molecule has 0 saturated carbocycles. The van der Waals surface area contributed by atoms with Crippen molar-refractivity contribution < 1.29 is 0 Å². The third-order valence-electron chi connectivity index (χ3n) is 4.00. The number of rotatable bonds is 4. The van der Waals surface area contributed by atoms with Crippen molar-refractivity contribution in [3.63, 3.8) is 0 Å². The number of fused-ring (bicyclic) bond motifs is 1. The lowest BCUT2D eigenvalue weighted by molar-refractivity contribution is 0.950. The average molecular weight is 479 g/mol. The summed E-state index contributed by atoms with van der Waals surface area (Å²) in [6.45, 7) is 1.92. The molecule has 0 radical (unpaired) electrons. The van der Waals surface area contributed by atoms with Gasteiger partial charge in [0.15, 0.2) is 9.99 Å². The van der Waals surface area contributed by atoms with E-state index in [1.165, 1.54) is 27.8 Å². The minimum atomic E-state index is -0.149. The molecule has 136 valence electrons. The Balaban J connectivity index is 1.68. The van der Waals surface area contributed by atoms with Gasteiger partial charge in [0.1, 0.15) is 11.0 Å². The van der Waals surface area contributed by atoms with Crippen molar-refractivity contribution in [2.24, 2.45) is 0 Å². The van der Waals surface area contributed by atoms with Crippen LogP contribution >= 0.6 is 50.6 Å². The van der Waals surface area contributed by atoms with Gasteiger partial charge in [0.25, 0.3) is 5.56 Å². The molecule has 0 aliphatic rings. The SMILES string of the molecule is Cc1cccc(Cl)c1-n1cnc2nc(SCc3ccc(Br)cc3)sc2c1=O. The smallest absolute Gasteiger partial charge is 0.267 e. The predicted octanol–water partition coefficient (Wildman–Crippen LogP) is 5.86. The number of nitrogens with zero attached hydrogens (tertiary/aromatic N) is 3. The Labute approximate surface area is 177 Å². The van der Waals surface area contributed by atoms with Gasteiger partial charge >= 0.3 is 0 Å². The summed E-state index contributed by atoms with van der Waals surface area (Å²) >= 11 is 12.7. The molecule has 0 atom stereocenters. The van der Waals surface area contributed by atoms with Gasteiger partial charge < -0.3 is 0 Å². The van der Waals surface area contributed by atoms with Gasteiger partial charge in [-0.25, -0.2) is 9.97 Å². The Bertz CT molecular complexity index is 1170. The third-order valence-corrected chi connectivity index (χ3v) is 7.08. The first-order valence-electron chi connectivity index (χ1n) is 8.04. The summed E-state index contributed by atoms with van der Waals surface area (Å²) in [6.07, 6.45) is 1.50. The molecule has 0 N–H and O–H groups in total. The molecule has 2 aromatic carbocycles. The highest BCUT2D eigenvalue weighted by Crippen LogP contribution is 2.30. The molecule has 0 aliphatic heterocycles. The molecule has 0 saturated heterocycles. The standard InChI is InChI=1S/C19H13BrClN3OS2/c1-11-3-2-4-14(21)15(11)24-10-22-17-16(18(24)25)27-19(23-17)26-9-12-5-7-13(20)8-6-12/h2-8,10H,9H2,1H3. The quantitative estimate of drug-likeness (QED) is 0.345. The maximum Gasteiger partial charge on any atom is 0.277 e. The number of thiazole rings is 1. The molecule has 2 aromatic heterocycles. The van der Waals surface area contributed by atoms with E-state index in [1.807, 2.05) is 31.2 Å². The minimum Gasteiger partial charge on any atom is -0.267 e. The predicted molar refractivity (Wildman–Crippen MR) is 116 cm³/mol. The summed E-state index contributed by atoms with van der Waals surface area (Å²) in [6, 6.07) is 13.7. The summed E-state index contributed by atoms with van der Waals surface area (Å²) in [5.74, 6) is 0.783. The first-order valence-corrected chi connectivity index (χ1v) is 11.0. The zero-order chi connectivity index (χ0) is 19.0. The fraction of sp³-hybridized carbons (Fsp3) is 0.105. The number of hydrogen-bond donors (Lipinski definition) is 0. The van der Waals surface area contributed by atoms with E-state index >= 15 is 0 Å². The van der Waals surface area contributed by atoms with E-state index in [9.17, 15) is 4.79 Å². The van der Waals surface area contributed by atoms with Crippen LogP contribution in [-0.4, -0.2) is 14.5 Å². The highest BCUT2D eigenvalue weighted by molar-refractivity contribution is 9.10. The van der Waals surface area contributed by atoms with Crippen LogP contribution in [0, 0.1) is 6.92 Å². The lowest BCUT2D eigenvalue weighted by atomic mass is 10.2. The van der Waals surface area contributed by atoms with Crippen molar-refractivity contribution in [3.05, 3.63) is 79.8 Å². The van der Waals surface area contributed by atoms with Crippen LogP contribution in [0.25, 0.3) is 16.0 Å². The van der Waals surface area contributed by atoms with E-state index in [0.717, 1.165) is 20.1 Å². The van der Waals surface area contributed by atoms with Crippen molar-refractivity contribution in [3.8, 4) is 5.69 Å². The second-order valence-electron chi connectivity index (χ2n) is 5.87. The van der Waals surface area contributed by atoms with Crippen LogP contribution in [0.3, 0.4) is 0 Å². The molecule has 4 aromatic rings. The van der Waals surface area contributed by atoms with Gasteiger partial charge in [-0.1, -0.05) is 63.6 Å². The zero-order valence-electron chi connectivity index (χ0n) is 14.1. The van der Waals surface area contributed by atoms with E-state index in [-0.39, 0.29) is 5.56 Å². The highest BCUT2D eigenvalue weighted by atomic mass is 79.9. The molecule has 8 heteroatoms. The van der Waals surface area contributed by atoms with Crippen molar-refractivity contribution in [2.75, 3.05) is 0 Å². The summed E-state index contributed by atoms with van der Waals surface area (Å²) in [7, 11) is 0. The molecule has 27 heavy (non-hydrogen) atoms. The minimum absolute atomic E-state index is 0.149. The molecular formula is C19H13BrClN3OS2. The van der Waals surface area contributed by atoms with E-state index in [4.69, 9.17) is 11.6 Å². The van der Waals surface area contributed by atoms with Crippen molar-refractivity contribution in [1.29, 1.82) is 0 Å². The zero-order valence-corrected chi connectivity index (χ0v) is 18.1. The van der Waals surface area contributed by atoms with Gasteiger partial charge in [0, 0.05) is 10.2 Å². The number of thioether (sulfide) groups is 1. The molecule has 0 unspecified atom stereocenters. The third kappa shape index (κ3) is 3.82.